The van der Waals surface area contributed by atoms with Crippen molar-refractivity contribution in [3.8, 4) is 0 Å². The van der Waals surface area contributed by atoms with Crippen LogP contribution in [-0.4, -0.2) is 6.54 Å². The van der Waals surface area contributed by atoms with Crippen LogP contribution >= 0.6 is 0 Å². The molecule has 4 fully saturated rings. The lowest BCUT2D eigenvalue weighted by Crippen LogP contribution is -2.48. The highest BCUT2D eigenvalue weighted by molar-refractivity contribution is 5.26. The van der Waals surface area contributed by atoms with Crippen LogP contribution < -0.4 is 5.32 Å². The Hall–Kier alpha value is -0.820. The van der Waals surface area contributed by atoms with Crippen LogP contribution in [0.2, 0.25) is 0 Å². The van der Waals surface area contributed by atoms with Crippen molar-refractivity contribution >= 4 is 0 Å². The van der Waals surface area contributed by atoms with Gasteiger partial charge in [0.05, 0.1) is 0 Å². The number of benzene rings is 1. The number of rotatable bonds is 5. The lowest BCUT2D eigenvalue weighted by molar-refractivity contribution is -0.0355. The molecule has 21 heavy (non-hydrogen) atoms. The molecule has 1 aromatic carbocycles. The third kappa shape index (κ3) is 2.65. The summed E-state index contributed by atoms with van der Waals surface area (Å²) in [4.78, 5) is 0. The molecule has 0 aliphatic heterocycles. The number of hydrogen-bond acceptors (Lipinski definition) is 1. The first-order valence-corrected chi connectivity index (χ1v) is 9.11. The monoisotopic (exact) mass is 283 g/mol. The summed E-state index contributed by atoms with van der Waals surface area (Å²) in [6.07, 6.45) is 8.90. The molecule has 1 aromatic rings. The Balaban J connectivity index is 1.35. The minimum Gasteiger partial charge on any atom is -0.312 e. The molecule has 0 amide bonds. The van der Waals surface area contributed by atoms with Gasteiger partial charge in [0, 0.05) is 6.54 Å². The summed E-state index contributed by atoms with van der Waals surface area (Å²) in [5.41, 5.74) is 3.01. The van der Waals surface area contributed by atoms with Gasteiger partial charge in [0.1, 0.15) is 0 Å². The molecule has 4 aliphatic rings. The lowest BCUT2D eigenvalue weighted by Gasteiger charge is -2.54. The van der Waals surface area contributed by atoms with E-state index in [0.29, 0.717) is 0 Å². The highest BCUT2D eigenvalue weighted by Crippen LogP contribution is 2.56. The molecule has 1 N–H and O–H groups in total. The summed E-state index contributed by atoms with van der Waals surface area (Å²) in [7, 11) is 0. The molecule has 4 saturated carbocycles. The van der Waals surface area contributed by atoms with E-state index in [0.717, 1.165) is 42.6 Å². The number of hydrogen-bond donors (Lipinski definition) is 1. The molecule has 0 aromatic heterocycles. The quantitative estimate of drug-likeness (QED) is 0.844. The maximum Gasteiger partial charge on any atom is 0.0208 e. The van der Waals surface area contributed by atoms with Gasteiger partial charge in [-0.1, -0.05) is 31.2 Å². The molecule has 4 bridgehead atoms. The third-order valence-corrected chi connectivity index (χ3v) is 6.62. The van der Waals surface area contributed by atoms with E-state index in [1.165, 1.54) is 17.7 Å². The SMILES string of the molecule is CCc1ccccc1CNCC1C2CC3CC(C2)CC1C3. The van der Waals surface area contributed by atoms with E-state index in [4.69, 9.17) is 0 Å². The molecule has 1 heteroatoms. The fourth-order valence-corrected chi connectivity index (χ4v) is 5.82. The Labute approximate surface area is 129 Å². The van der Waals surface area contributed by atoms with Crippen molar-refractivity contribution in [1.29, 1.82) is 0 Å². The fourth-order valence-electron chi connectivity index (χ4n) is 5.82. The topological polar surface area (TPSA) is 12.0 Å². The van der Waals surface area contributed by atoms with Gasteiger partial charge in [-0.15, -0.1) is 0 Å². The van der Waals surface area contributed by atoms with Gasteiger partial charge in [-0.25, -0.2) is 0 Å². The number of nitrogens with one attached hydrogen (secondary N) is 1. The van der Waals surface area contributed by atoms with Crippen LogP contribution in [0.5, 0.6) is 0 Å². The highest BCUT2D eigenvalue weighted by atomic mass is 14.9. The summed E-state index contributed by atoms with van der Waals surface area (Å²) in [5.74, 6) is 5.28. The molecule has 0 radical (unpaired) electrons. The van der Waals surface area contributed by atoms with Crippen LogP contribution in [-0.2, 0) is 13.0 Å². The van der Waals surface area contributed by atoms with Gasteiger partial charge < -0.3 is 5.32 Å². The first-order chi connectivity index (χ1) is 10.3. The normalized spacial score (nSPS) is 37.1. The molecular formula is C20H29N. The zero-order chi connectivity index (χ0) is 14.2. The third-order valence-electron chi connectivity index (χ3n) is 6.62. The molecule has 0 saturated heterocycles. The second-order valence-electron chi connectivity index (χ2n) is 7.85. The van der Waals surface area contributed by atoms with E-state index in [9.17, 15) is 0 Å². The van der Waals surface area contributed by atoms with E-state index in [-0.39, 0.29) is 0 Å². The summed E-state index contributed by atoms with van der Waals surface area (Å²) < 4.78 is 0. The summed E-state index contributed by atoms with van der Waals surface area (Å²) >= 11 is 0. The largest absolute Gasteiger partial charge is 0.312 e. The molecule has 0 heterocycles. The zero-order valence-electron chi connectivity index (χ0n) is 13.4. The van der Waals surface area contributed by atoms with Gasteiger partial charge in [0.2, 0.25) is 0 Å². The maximum absolute atomic E-state index is 3.80. The van der Waals surface area contributed by atoms with E-state index >= 15 is 0 Å². The van der Waals surface area contributed by atoms with E-state index in [2.05, 4.69) is 36.5 Å². The van der Waals surface area contributed by atoms with Crippen molar-refractivity contribution in [3.05, 3.63) is 35.4 Å². The van der Waals surface area contributed by atoms with Crippen molar-refractivity contribution in [3.63, 3.8) is 0 Å². The minimum absolute atomic E-state index is 0.978. The Morgan fingerprint density at radius 2 is 1.52 bits per heavy atom. The summed E-state index contributed by atoms with van der Waals surface area (Å²) in [6, 6.07) is 8.92. The van der Waals surface area contributed by atoms with Crippen LogP contribution in [0.25, 0.3) is 0 Å². The molecule has 0 atom stereocenters. The van der Waals surface area contributed by atoms with E-state index in [1.807, 2.05) is 0 Å². The van der Waals surface area contributed by atoms with Crippen LogP contribution in [0.1, 0.15) is 50.2 Å². The van der Waals surface area contributed by atoms with E-state index in [1.54, 1.807) is 32.1 Å². The predicted molar refractivity (Wildman–Crippen MR) is 88.1 cm³/mol. The van der Waals surface area contributed by atoms with Gasteiger partial charge in [-0.05, 0) is 85.8 Å². The molecule has 4 aliphatic carbocycles. The average Bonchev–Trinajstić information content (AvgIpc) is 2.50. The van der Waals surface area contributed by atoms with Crippen LogP contribution in [0.15, 0.2) is 24.3 Å². The second-order valence-corrected chi connectivity index (χ2v) is 7.85. The van der Waals surface area contributed by atoms with Gasteiger partial charge in [0.25, 0.3) is 0 Å². The van der Waals surface area contributed by atoms with Gasteiger partial charge in [-0.2, -0.15) is 0 Å². The molecule has 114 valence electrons. The van der Waals surface area contributed by atoms with Crippen molar-refractivity contribution in [2.24, 2.45) is 29.6 Å². The van der Waals surface area contributed by atoms with E-state index < -0.39 is 0 Å². The second kappa shape index (κ2) is 5.76. The lowest BCUT2D eigenvalue weighted by atomic mass is 9.52. The van der Waals surface area contributed by atoms with Gasteiger partial charge >= 0.3 is 0 Å². The van der Waals surface area contributed by atoms with Gasteiger partial charge in [-0.3, -0.25) is 0 Å². The van der Waals surface area contributed by atoms with Gasteiger partial charge in [0.15, 0.2) is 0 Å². The zero-order valence-corrected chi connectivity index (χ0v) is 13.4. The Bertz CT molecular complexity index is 464. The molecule has 0 spiro atoms. The molecular weight excluding hydrogens is 254 g/mol. The first-order valence-electron chi connectivity index (χ1n) is 9.11. The first kappa shape index (κ1) is 13.8. The highest BCUT2D eigenvalue weighted by Gasteiger charge is 2.47. The fraction of sp³-hybridized carbons (Fsp3) is 0.700. The summed E-state index contributed by atoms with van der Waals surface area (Å²) in [6.45, 7) is 4.58. The molecule has 0 unspecified atom stereocenters. The molecule has 5 rings (SSSR count). The number of aryl methyl sites for hydroxylation is 1. The predicted octanol–water partition coefficient (Wildman–Crippen LogP) is 4.41. The van der Waals surface area contributed by atoms with Crippen molar-refractivity contribution in [1.82, 2.24) is 5.32 Å². The van der Waals surface area contributed by atoms with Crippen molar-refractivity contribution < 1.29 is 0 Å². The van der Waals surface area contributed by atoms with Crippen LogP contribution in [0, 0.1) is 29.6 Å². The smallest absolute Gasteiger partial charge is 0.0208 e. The van der Waals surface area contributed by atoms with Crippen molar-refractivity contribution in [2.75, 3.05) is 6.54 Å². The summed E-state index contributed by atoms with van der Waals surface area (Å²) in [5, 5.41) is 3.80. The van der Waals surface area contributed by atoms with Crippen molar-refractivity contribution in [2.45, 2.75) is 52.0 Å². The Morgan fingerprint density at radius 3 is 2.14 bits per heavy atom. The standard InChI is InChI=1S/C20H29N/c1-2-16-5-3-4-6-17(16)12-21-13-20-18-8-14-7-15(10-18)11-19(20)9-14/h3-6,14-15,18-21H,2,7-13H2,1H3. The maximum atomic E-state index is 3.80. The van der Waals surface area contributed by atoms with Crippen LogP contribution in [0.3, 0.4) is 0 Å². The minimum atomic E-state index is 0.978. The molecule has 1 nitrogen and oxygen atoms in total. The average molecular weight is 283 g/mol. The Kier molecular flexibility index (Phi) is 3.79. The van der Waals surface area contributed by atoms with Crippen LogP contribution in [0.4, 0.5) is 0 Å². The Morgan fingerprint density at radius 1 is 0.905 bits per heavy atom.